The van der Waals surface area contributed by atoms with Crippen molar-refractivity contribution in [3.63, 3.8) is 0 Å². The van der Waals surface area contributed by atoms with Gasteiger partial charge in [-0.15, -0.1) is 0 Å². The molecule has 0 aromatic heterocycles. The summed E-state index contributed by atoms with van der Waals surface area (Å²) in [5.41, 5.74) is 6.58. The number of hydrogen-bond acceptors (Lipinski definition) is 3. The molecule has 0 radical (unpaired) electrons. The van der Waals surface area contributed by atoms with Crippen LogP contribution in [0.5, 0.6) is 0 Å². The number of rotatable bonds is 4. The van der Waals surface area contributed by atoms with Crippen molar-refractivity contribution in [3.05, 3.63) is 24.3 Å². The van der Waals surface area contributed by atoms with Crippen LogP contribution in [0.15, 0.2) is 24.3 Å². The van der Waals surface area contributed by atoms with Crippen molar-refractivity contribution < 1.29 is 8.42 Å². The zero-order valence-electron chi connectivity index (χ0n) is 8.55. The van der Waals surface area contributed by atoms with E-state index in [1.54, 1.807) is 24.3 Å². The Bertz CT molecular complexity index is 431. The standard InChI is InChI=1S/C9H15N3O2S/c1-2-6-12(15(11,13)14)9-5-3-4-8(10)7-9/h3-5,7H,2,6,10H2,1H3,(H2,11,13,14). The van der Waals surface area contributed by atoms with Gasteiger partial charge in [0.1, 0.15) is 0 Å². The number of nitrogens with zero attached hydrogens (tertiary/aromatic N) is 1. The van der Waals surface area contributed by atoms with Gasteiger partial charge in [-0.2, -0.15) is 8.42 Å². The van der Waals surface area contributed by atoms with E-state index in [2.05, 4.69) is 0 Å². The minimum atomic E-state index is -3.72. The summed E-state index contributed by atoms with van der Waals surface area (Å²) in [5, 5.41) is 5.11. The number of anilines is 2. The van der Waals surface area contributed by atoms with E-state index in [0.29, 0.717) is 24.3 Å². The molecule has 84 valence electrons. The maximum atomic E-state index is 11.3. The topological polar surface area (TPSA) is 89.4 Å². The summed E-state index contributed by atoms with van der Waals surface area (Å²) in [7, 11) is -3.72. The highest BCUT2D eigenvalue weighted by Gasteiger charge is 2.16. The van der Waals surface area contributed by atoms with Gasteiger partial charge in [0.15, 0.2) is 0 Å². The molecule has 0 bridgehead atoms. The van der Waals surface area contributed by atoms with Gasteiger partial charge < -0.3 is 5.73 Å². The van der Waals surface area contributed by atoms with E-state index in [4.69, 9.17) is 10.9 Å². The fourth-order valence-electron chi connectivity index (χ4n) is 1.29. The van der Waals surface area contributed by atoms with Gasteiger partial charge in [0.2, 0.25) is 0 Å². The van der Waals surface area contributed by atoms with Gasteiger partial charge in [0.05, 0.1) is 5.69 Å². The molecule has 1 aromatic rings. The number of benzene rings is 1. The first-order chi connectivity index (χ1) is 6.95. The molecule has 4 N–H and O–H groups in total. The van der Waals surface area contributed by atoms with Gasteiger partial charge in [-0.25, -0.2) is 5.14 Å². The van der Waals surface area contributed by atoms with Crippen molar-refractivity contribution in [1.29, 1.82) is 0 Å². The summed E-state index contributed by atoms with van der Waals surface area (Å²) in [4.78, 5) is 0. The highest BCUT2D eigenvalue weighted by molar-refractivity contribution is 7.90. The predicted molar refractivity (Wildman–Crippen MR) is 61.6 cm³/mol. The molecule has 0 amide bonds. The Morgan fingerprint density at radius 1 is 1.40 bits per heavy atom. The van der Waals surface area contributed by atoms with E-state index in [0.717, 1.165) is 4.31 Å². The Labute approximate surface area is 89.9 Å². The Kier molecular flexibility index (Phi) is 3.54. The summed E-state index contributed by atoms with van der Waals surface area (Å²) >= 11 is 0. The van der Waals surface area contributed by atoms with Crippen LogP contribution >= 0.6 is 0 Å². The summed E-state index contributed by atoms with van der Waals surface area (Å²) < 4.78 is 23.7. The minimum absolute atomic E-state index is 0.349. The van der Waals surface area contributed by atoms with Crippen LogP contribution < -0.4 is 15.2 Å². The summed E-state index contributed by atoms with van der Waals surface area (Å²) in [6.07, 6.45) is 0.686. The molecule has 0 fully saturated rings. The van der Waals surface area contributed by atoms with E-state index in [1.165, 1.54) is 0 Å². The molecule has 0 spiro atoms. The Balaban J connectivity index is 3.10. The quantitative estimate of drug-likeness (QED) is 0.744. The first kappa shape index (κ1) is 11.8. The normalized spacial score (nSPS) is 11.3. The van der Waals surface area contributed by atoms with Crippen molar-refractivity contribution in [3.8, 4) is 0 Å². The molecular formula is C9H15N3O2S. The van der Waals surface area contributed by atoms with Crippen LogP contribution in [0, 0.1) is 0 Å². The number of hydrogen-bond donors (Lipinski definition) is 2. The van der Waals surface area contributed by atoms with E-state index < -0.39 is 10.2 Å². The number of nitrogens with two attached hydrogens (primary N) is 2. The van der Waals surface area contributed by atoms with Crippen LogP contribution in [0.3, 0.4) is 0 Å². The van der Waals surface area contributed by atoms with Gasteiger partial charge in [-0.1, -0.05) is 13.0 Å². The van der Waals surface area contributed by atoms with Crippen molar-refractivity contribution in [1.82, 2.24) is 0 Å². The molecule has 15 heavy (non-hydrogen) atoms. The second kappa shape index (κ2) is 4.50. The first-order valence-corrected chi connectivity index (χ1v) is 6.11. The molecule has 0 saturated carbocycles. The zero-order valence-corrected chi connectivity index (χ0v) is 9.37. The molecular weight excluding hydrogens is 214 g/mol. The van der Waals surface area contributed by atoms with Crippen LogP contribution in [-0.2, 0) is 10.2 Å². The third-order valence-electron chi connectivity index (χ3n) is 1.89. The lowest BCUT2D eigenvalue weighted by atomic mass is 10.3. The van der Waals surface area contributed by atoms with Crippen molar-refractivity contribution in [2.75, 3.05) is 16.6 Å². The molecule has 0 aliphatic carbocycles. The van der Waals surface area contributed by atoms with Crippen LogP contribution in [0.4, 0.5) is 11.4 Å². The van der Waals surface area contributed by atoms with Crippen molar-refractivity contribution in [2.45, 2.75) is 13.3 Å². The molecule has 1 aromatic carbocycles. The smallest absolute Gasteiger partial charge is 0.298 e. The molecule has 1 rings (SSSR count). The summed E-state index contributed by atoms with van der Waals surface area (Å²) in [5.74, 6) is 0. The molecule has 0 aliphatic rings. The minimum Gasteiger partial charge on any atom is -0.399 e. The summed E-state index contributed by atoms with van der Waals surface area (Å²) in [6, 6.07) is 6.63. The third kappa shape index (κ3) is 3.10. The summed E-state index contributed by atoms with van der Waals surface area (Å²) in [6.45, 7) is 2.23. The van der Waals surface area contributed by atoms with Crippen LogP contribution in [0.1, 0.15) is 13.3 Å². The fourth-order valence-corrected chi connectivity index (χ4v) is 2.13. The maximum absolute atomic E-state index is 11.3. The highest BCUT2D eigenvalue weighted by Crippen LogP contribution is 2.19. The van der Waals surface area contributed by atoms with Gasteiger partial charge in [-0.3, -0.25) is 4.31 Å². The average molecular weight is 229 g/mol. The van der Waals surface area contributed by atoms with Gasteiger partial charge in [0.25, 0.3) is 10.2 Å². The Hall–Kier alpha value is -1.27. The van der Waals surface area contributed by atoms with E-state index >= 15 is 0 Å². The third-order valence-corrected chi connectivity index (χ3v) is 2.90. The van der Waals surface area contributed by atoms with Crippen molar-refractivity contribution >= 4 is 21.6 Å². The molecule has 6 heteroatoms. The van der Waals surface area contributed by atoms with Gasteiger partial charge >= 0.3 is 0 Å². The van der Waals surface area contributed by atoms with Gasteiger partial charge in [0, 0.05) is 12.2 Å². The second-order valence-corrected chi connectivity index (χ2v) is 4.68. The van der Waals surface area contributed by atoms with Crippen molar-refractivity contribution in [2.24, 2.45) is 5.14 Å². The lowest BCUT2D eigenvalue weighted by Gasteiger charge is -2.21. The largest absolute Gasteiger partial charge is 0.399 e. The lowest BCUT2D eigenvalue weighted by Crippen LogP contribution is -2.37. The maximum Gasteiger partial charge on any atom is 0.298 e. The van der Waals surface area contributed by atoms with E-state index in [1.807, 2.05) is 6.92 Å². The molecule has 0 unspecified atom stereocenters. The lowest BCUT2D eigenvalue weighted by molar-refractivity contribution is 0.592. The molecule has 0 heterocycles. The number of nitrogen functional groups attached to an aromatic ring is 1. The molecule has 0 atom stereocenters. The zero-order chi connectivity index (χ0) is 11.5. The molecule has 5 nitrogen and oxygen atoms in total. The van der Waals surface area contributed by atoms with E-state index in [-0.39, 0.29) is 0 Å². The molecule has 0 aliphatic heterocycles. The SMILES string of the molecule is CCCN(c1cccc(N)c1)S(N)(=O)=O. The Morgan fingerprint density at radius 2 is 2.07 bits per heavy atom. The predicted octanol–water partition coefficient (Wildman–Crippen LogP) is 0.689. The van der Waals surface area contributed by atoms with Crippen LogP contribution in [-0.4, -0.2) is 15.0 Å². The Morgan fingerprint density at radius 3 is 2.53 bits per heavy atom. The van der Waals surface area contributed by atoms with E-state index in [9.17, 15) is 8.42 Å². The molecule has 0 saturated heterocycles. The highest BCUT2D eigenvalue weighted by atomic mass is 32.2. The van der Waals surface area contributed by atoms with Crippen LogP contribution in [0.2, 0.25) is 0 Å². The second-order valence-electron chi connectivity index (χ2n) is 3.21. The monoisotopic (exact) mass is 229 g/mol. The van der Waals surface area contributed by atoms with Gasteiger partial charge in [-0.05, 0) is 24.6 Å². The fraction of sp³-hybridized carbons (Fsp3) is 0.333. The average Bonchev–Trinajstić information content (AvgIpc) is 2.12. The van der Waals surface area contributed by atoms with Crippen LogP contribution in [0.25, 0.3) is 0 Å². The first-order valence-electron chi connectivity index (χ1n) is 4.61.